The van der Waals surface area contributed by atoms with Crippen LogP contribution in [-0.4, -0.2) is 16.9 Å². The van der Waals surface area contributed by atoms with Gasteiger partial charge >= 0.3 is 0 Å². The number of aromatic nitrogens is 2. The fourth-order valence-corrected chi connectivity index (χ4v) is 3.27. The molecule has 0 aliphatic heterocycles. The molecule has 1 heterocycles. The molecule has 3 rings (SSSR count). The van der Waals surface area contributed by atoms with Crippen molar-refractivity contribution >= 4 is 5.69 Å². The number of rotatable bonds is 3. The molecule has 0 amide bonds. The summed E-state index contributed by atoms with van der Waals surface area (Å²) in [5.41, 5.74) is 8.74. The number of benzene rings is 1. The topological polar surface area (TPSA) is 76.9 Å². The molecule has 114 valence electrons. The van der Waals surface area contributed by atoms with Crippen LogP contribution in [0.25, 0.3) is 11.1 Å². The van der Waals surface area contributed by atoms with Gasteiger partial charge in [0, 0.05) is 11.1 Å². The number of anilines is 1. The molecule has 0 radical (unpaired) electrons. The standard InChI is InChI=1S/C17H20N4O/c1-22-17-13(8-5-9-15(17)19)14-11-20-21(16(14)10-18)12-6-3-2-4-7-12/h5,8-9,11-12H,2-4,6-7,19H2,1H3. The summed E-state index contributed by atoms with van der Waals surface area (Å²) in [6.45, 7) is 0. The summed E-state index contributed by atoms with van der Waals surface area (Å²) in [6, 6.07) is 8.21. The van der Waals surface area contributed by atoms with Gasteiger partial charge in [-0.25, -0.2) is 0 Å². The summed E-state index contributed by atoms with van der Waals surface area (Å²) >= 11 is 0. The van der Waals surface area contributed by atoms with Gasteiger partial charge in [-0.15, -0.1) is 0 Å². The third-order valence-electron chi connectivity index (χ3n) is 4.36. The van der Waals surface area contributed by atoms with Crippen LogP contribution in [0.15, 0.2) is 24.4 Å². The van der Waals surface area contributed by atoms with Gasteiger partial charge < -0.3 is 10.5 Å². The van der Waals surface area contributed by atoms with Crippen molar-refractivity contribution in [2.45, 2.75) is 38.1 Å². The molecule has 22 heavy (non-hydrogen) atoms. The highest BCUT2D eigenvalue weighted by molar-refractivity contribution is 5.79. The first kappa shape index (κ1) is 14.5. The van der Waals surface area contributed by atoms with Crippen molar-refractivity contribution in [2.75, 3.05) is 12.8 Å². The van der Waals surface area contributed by atoms with E-state index in [9.17, 15) is 5.26 Å². The van der Waals surface area contributed by atoms with Crippen LogP contribution in [0.3, 0.4) is 0 Å². The summed E-state index contributed by atoms with van der Waals surface area (Å²) in [5.74, 6) is 0.599. The van der Waals surface area contributed by atoms with Crippen LogP contribution in [0, 0.1) is 11.3 Å². The van der Waals surface area contributed by atoms with Gasteiger partial charge in [-0.05, 0) is 18.9 Å². The summed E-state index contributed by atoms with van der Waals surface area (Å²) in [4.78, 5) is 0. The Morgan fingerprint density at radius 2 is 2.05 bits per heavy atom. The van der Waals surface area contributed by atoms with Crippen molar-refractivity contribution in [1.82, 2.24) is 9.78 Å². The van der Waals surface area contributed by atoms with Crippen molar-refractivity contribution in [3.8, 4) is 22.9 Å². The highest BCUT2D eigenvalue weighted by atomic mass is 16.5. The Kier molecular flexibility index (Phi) is 4.01. The summed E-state index contributed by atoms with van der Waals surface area (Å²) in [7, 11) is 1.59. The van der Waals surface area contributed by atoms with Crippen molar-refractivity contribution in [2.24, 2.45) is 0 Å². The Bertz CT molecular complexity index is 708. The Balaban J connectivity index is 2.08. The molecule has 2 N–H and O–H groups in total. The van der Waals surface area contributed by atoms with Gasteiger partial charge in [0.15, 0.2) is 0 Å². The quantitative estimate of drug-likeness (QED) is 0.879. The average Bonchev–Trinajstić information content (AvgIpc) is 2.99. The van der Waals surface area contributed by atoms with E-state index in [1.165, 1.54) is 19.3 Å². The van der Waals surface area contributed by atoms with Gasteiger partial charge in [0.2, 0.25) is 0 Å². The number of methoxy groups -OCH3 is 1. The van der Waals surface area contributed by atoms with Crippen LogP contribution in [0.2, 0.25) is 0 Å². The maximum atomic E-state index is 9.63. The van der Waals surface area contributed by atoms with Gasteiger partial charge in [0.05, 0.1) is 25.0 Å². The second-order valence-electron chi connectivity index (χ2n) is 5.68. The van der Waals surface area contributed by atoms with Gasteiger partial charge in [-0.3, -0.25) is 4.68 Å². The van der Waals surface area contributed by atoms with Crippen molar-refractivity contribution in [3.05, 3.63) is 30.1 Å². The van der Waals surface area contributed by atoms with Crippen molar-refractivity contribution in [1.29, 1.82) is 5.26 Å². The maximum absolute atomic E-state index is 9.63. The van der Waals surface area contributed by atoms with Gasteiger partial charge in [-0.1, -0.05) is 31.4 Å². The molecule has 0 spiro atoms. The first-order chi connectivity index (χ1) is 10.8. The highest BCUT2D eigenvalue weighted by Gasteiger charge is 2.23. The zero-order chi connectivity index (χ0) is 15.5. The van der Waals surface area contributed by atoms with E-state index in [0.717, 1.165) is 24.0 Å². The number of ether oxygens (including phenoxy) is 1. The molecule has 1 saturated carbocycles. The molecule has 5 heteroatoms. The van der Waals surface area contributed by atoms with Crippen molar-refractivity contribution in [3.63, 3.8) is 0 Å². The predicted octanol–water partition coefficient (Wildman–Crippen LogP) is 3.52. The zero-order valence-electron chi connectivity index (χ0n) is 12.7. The van der Waals surface area contributed by atoms with Crippen LogP contribution in [0.5, 0.6) is 5.75 Å². The second-order valence-corrected chi connectivity index (χ2v) is 5.68. The van der Waals surface area contributed by atoms with Crippen molar-refractivity contribution < 1.29 is 4.74 Å². The minimum absolute atomic E-state index is 0.323. The van der Waals surface area contributed by atoms with Crippen LogP contribution >= 0.6 is 0 Å². The number of hydrogen-bond acceptors (Lipinski definition) is 4. The summed E-state index contributed by atoms with van der Waals surface area (Å²) in [5, 5.41) is 14.1. The molecule has 0 bridgehead atoms. The molecular weight excluding hydrogens is 276 g/mol. The molecule has 1 aliphatic rings. The lowest BCUT2D eigenvalue weighted by Gasteiger charge is -2.22. The number of nitrogens with two attached hydrogens (primary N) is 1. The lowest BCUT2D eigenvalue weighted by Crippen LogP contribution is -2.15. The van der Waals surface area contributed by atoms with Crippen LogP contribution < -0.4 is 10.5 Å². The van der Waals surface area contributed by atoms with Crippen LogP contribution in [0.4, 0.5) is 5.69 Å². The lowest BCUT2D eigenvalue weighted by atomic mass is 9.95. The highest BCUT2D eigenvalue weighted by Crippen LogP contribution is 2.38. The first-order valence-corrected chi connectivity index (χ1v) is 7.66. The van der Waals surface area contributed by atoms with E-state index in [4.69, 9.17) is 10.5 Å². The molecule has 1 aliphatic carbocycles. The molecular formula is C17H20N4O. The van der Waals surface area contributed by atoms with E-state index in [1.54, 1.807) is 19.4 Å². The zero-order valence-corrected chi connectivity index (χ0v) is 12.7. The smallest absolute Gasteiger partial charge is 0.149 e. The number of nitrogen functional groups attached to an aromatic ring is 1. The molecule has 1 fully saturated rings. The van der Waals surface area contributed by atoms with E-state index in [2.05, 4.69) is 11.2 Å². The molecule has 2 aromatic rings. The Morgan fingerprint density at radius 1 is 1.27 bits per heavy atom. The SMILES string of the molecule is COc1c(N)cccc1-c1cnn(C2CCCCC2)c1C#N. The third-order valence-corrected chi connectivity index (χ3v) is 4.36. The van der Waals surface area contributed by atoms with Gasteiger partial charge in [-0.2, -0.15) is 10.4 Å². The molecule has 1 aromatic heterocycles. The van der Waals surface area contributed by atoms with Crippen LogP contribution in [-0.2, 0) is 0 Å². The summed E-state index contributed by atoms with van der Waals surface area (Å²) < 4.78 is 7.30. The molecule has 5 nitrogen and oxygen atoms in total. The average molecular weight is 296 g/mol. The van der Waals surface area contributed by atoms with E-state index >= 15 is 0 Å². The fraction of sp³-hybridized carbons (Fsp3) is 0.412. The number of para-hydroxylation sites is 1. The minimum atomic E-state index is 0.323. The Hall–Kier alpha value is -2.48. The third kappa shape index (κ3) is 2.41. The number of nitriles is 1. The Morgan fingerprint density at radius 3 is 2.73 bits per heavy atom. The Labute approximate surface area is 130 Å². The normalized spacial score (nSPS) is 15.5. The minimum Gasteiger partial charge on any atom is -0.494 e. The fourth-order valence-electron chi connectivity index (χ4n) is 3.27. The lowest BCUT2D eigenvalue weighted by molar-refractivity contribution is 0.327. The predicted molar refractivity (Wildman–Crippen MR) is 85.5 cm³/mol. The summed E-state index contributed by atoms with van der Waals surface area (Å²) in [6.07, 6.45) is 7.60. The molecule has 1 aromatic carbocycles. The van der Waals surface area contributed by atoms with E-state index in [0.29, 0.717) is 23.2 Å². The van der Waals surface area contributed by atoms with E-state index < -0.39 is 0 Å². The molecule has 0 saturated heterocycles. The molecule has 0 atom stereocenters. The first-order valence-electron chi connectivity index (χ1n) is 7.66. The van der Waals surface area contributed by atoms with E-state index in [1.807, 2.05) is 16.8 Å². The van der Waals surface area contributed by atoms with Crippen LogP contribution in [0.1, 0.15) is 43.8 Å². The second kappa shape index (κ2) is 6.10. The monoisotopic (exact) mass is 296 g/mol. The van der Waals surface area contributed by atoms with E-state index in [-0.39, 0.29) is 0 Å². The van der Waals surface area contributed by atoms with Gasteiger partial charge in [0.25, 0.3) is 0 Å². The molecule has 0 unspecified atom stereocenters. The largest absolute Gasteiger partial charge is 0.494 e. The van der Waals surface area contributed by atoms with Gasteiger partial charge in [0.1, 0.15) is 17.5 Å². The number of hydrogen-bond donors (Lipinski definition) is 1. The number of nitrogens with zero attached hydrogens (tertiary/aromatic N) is 3. The maximum Gasteiger partial charge on any atom is 0.149 e.